The van der Waals surface area contributed by atoms with Crippen LogP contribution in [0.5, 0.6) is 0 Å². The minimum absolute atomic E-state index is 0.0838. The summed E-state index contributed by atoms with van der Waals surface area (Å²) in [6, 6.07) is 17.3. The van der Waals surface area contributed by atoms with Gasteiger partial charge in [0.05, 0.1) is 6.04 Å². The van der Waals surface area contributed by atoms with Gasteiger partial charge in [-0.05, 0) is 41.5 Å². The normalized spacial score (nSPS) is 18.5. The molecule has 2 aromatic carbocycles. The minimum Gasteiger partial charge on any atom is -0.380 e. The highest BCUT2D eigenvalue weighted by Gasteiger charge is 2.17. The second-order valence-electron chi connectivity index (χ2n) is 5.02. The van der Waals surface area contributed by atoms with Gasteiger partial charge in [-0.2, -0.15) is 0 Å². The summed E-state index contributed by atoms with van der Waals surface area (Å²) >= 11 is 0. The Morgan fingerprint density at radius 3 is 2.53 bits per heavy atom. The van der Waals surface area contributed by atoms with Crippen LogP contribution in [-0.4, -0.2) is 0 Å². The van der Waals surface area contributed by atoms with Crippen LogP contribution in [0.1, 0.15) is 41.3 Å². The molecule has 96 valence electrons. The summed E-state index contributed by atoms with van der Waals surface area (Å²) in [4.78, 5) is 0. The van der Waals surface area contributed by atoms with Gasteiger partial charge >= 0.3 is 0 Å². The molecule has 3 rings (SSSR count). The monoisotopic (exact) mass is 250 g/mol. The Balaban J connectivity index is 1.97. The highest BCUT2D eigenvalue weighted by Crippen LogP contribution is 2.29. The van der Waals surface area contributed by atoms with Crippen molar-refractivity contribution in [3.63, 3.8) is 0 Å². The molecule has 0 fully saturated rings. The van der Waals surface area contributed by atoms with Crippen LogP contribution in [0.15, 0.2) is 54.7 Å². The Hall–Kier alpha value is -2.06. The van der Waals surface area contributed by atoms with Crippen molar-refractivity contribution in [2.45, 2.75) is 19.0 Å². The van der Waals surface area contributed by atoms with Gasteiger partial charge in [-0.1, -0.05) is 48.5 Å². The van der Waals surface area contributed by atoms with Crippen LogP contribution in [0, 0.1) is 0 Å². The molecule has 0 amide bonds. The van der Waals surface area contributed by atoms with Crippen molar-refractivity contribution in [1.82, 2.24) is 5.32 Å². The quantitative estimate of drug-likeness (QED) is 0.857. The van der Waals surface area contributed by atoms with E-state index < -0.39 is 0 Å². The molecule has 2 nitrogen and oxygen atoms in total. The Morgan fingerprint density at radius 1 is 1.05 bits per heavy atom. The molecular weight excluding hydrogens is 232 g/mol. The molecule has 1 unspecified atom stereocenters. The number of fused-ring (bicyclic) bond motifs is 1. The van der Waals surface area contributed by atoms with E-state index in [0.29, 0.717) is 0 Å². The second kappa shape index (κ2) is 4.90. The zero-order valence-electron chi connectivity index (χ0n) is 11.0. The van der Waals surface area contributed by atoms with Crippen LogP contribution in [0.2, 0.25) is 0 Å². The van der Waals surface area contributed by atoms with Crippen LogP contribution < -0.4 is 11.1 Å². The molecule has 2 aromatic rings. The third kappa shape index (κ3) is 2.27. The number of hydrogen-bond donors (Lipinski definition) is 2. The van der Waals surface area contributed by atoms with Gasteiger partial charge in [0.1, 0.15) is 0 Å². The predicted molar refractivity (Wildman–Crippen MR) is 79.5 cm³/mol. The summed E-state index contributed by atoms with van der Waals surface area (Å²) < 4.78 is 0. The van der Waals surface area contributed by atoms with Gasteiger partial charge in [0.25, 0.3) is 0 Å². The van der Waals surface area contributed by atoms with E-state index in [9.17, 15) is 0 Å². The van der Waals surface area contributed by atoms with E-state index >= 15 is 0 Å². The molecule has 0 aromatic heterocycles. The first-order valence-corrected chi connectivity index (χ1v) is 6.62. The van der Waals surface area contributed by atoms with E-state index in [2.05, 4.69) is 59.9 Å². The van der Waals surface area contributed by atoms with Gasteiger partial charge in [0.2, 0.25) is 0 Å². The lowest BCUT2D eigenvalue weighted by Crippen LogP contribution is -2.20. The third-order valence-corrected chi connectivity index (χ3v) is 3.63. The van der Waals surface area contributed by atoms with Crippen LogP contribution in [-0.2, 0) is 0 Å². The molecular formula is C17H18N2. The number of rotatable bonds is 2. The van der Waals surface area contributed by atoms with Gasteiger partial charge in [0, 0.05) is 6.04 Å². The molecule has 3 N–H and O–H groups in total. The smallest absolute Gasteiger partial charge is 0.0768 e. The van der Waals surface area contributed by atoms with Crippen molar-refractivity contribution in [3.8, 4) is 0 Å². The van der Waals surface area contributed by atoms with E-state index in [4.69, 9.17) is 5.73 Å². The van der Waals surface area contributed by atoms with Gasteiger partial charge in [-0.3, -0.25) is 0 Å². The van der Waals surface area contributed by atoms with Crippen molar-refractivity contribution < 1.29 is 0 Å². The Labute approximate surface area is 114 Å². The lowest BCUT2D eigenvalue weighted by molar-refractivity contribution is 0.719. The number of benzene rings is 2. The van der Waals surface area contributed by atoms with Crippen LogP contribution >= 0.6 is 0 Å². The van der Waals surface area contributed by atoms with E-state index in [1.54, 1.807) is 0 Å². The molecule has 1 aliphatic rings. The van der Waals surface area contributed by atoms with Gasteiger partial charge in [-0.25, -0.2) is 0 Å². The molecule has 0 saturated heterocycles. The van der Waals surface area contributed by atoms with Crippen molar-refractivity contribution in [3.05, 3.63) is 77.0 Å². The molecule has 0 spiro atoms. The zero-order chi connectivity index (χ0) is 13.2. The number of nitrogens with two attached hydrogens (primary N) is 1. The third-order valence-electron chi connectivity index (χ3n) is 3.63. The topological polar surface area (TPSA) is 38.0 Å². The standard InChI is InChI=1S/C17H18N2/c1-12(18)13-6-8-15(9-7-13)17-16-5-3-2-4-14(16)10-11-19-17/h2-12,17,19H,18H2,1H3/t12-,17?/m1/s1. The lowest BCUT2D eigenvalue weighted by atomic mass is 9.91. The van der Waals surface area contributed by atoms with E-state index in [0.717, 1.165) is 0 Å². The van der Waals surface area contributed by atoms with Crippen molar-refractivity contribution in [2.75, 3.05) is 0 Å². The maximum atomic E-state index is 5.89. The van der Waals surface area contributed by atoms with Crippen LogP contribution in [0.3, 0.4) is 0 Å². The molecule has 0 aliphatic carbocycles. The average molecular weight is 250 g/mol. The maximum absolute atomic E-state index is 5.89. The zero-order valence-corrected chi connectivity index (χ0v) is 11.0. The average Bonchev–Trinajstić information content (AvgIpc) is 2.47. The molecule has 1 heterocycles. The summed E-state index contributed by atoms with van der Waals surface area (Å²) in [6.45, 7) is 2.01. The molecule has 0 bridgehead atoms. The van der Waals surface area contributed by atoms with Crippen molar-refractivity contribution >= 4 is 6.08 Å². The van der Waals surface area contributed by atoms with Crippen LogP contribution in [0.4, 0.5) is 0 Å². The second-order valence-corrected chi connectivity index (χ2v) is 5.02. The first kappa shape index (κ1) is 12.0. The molecule has 19 heavy (non-hydrogen) atoms. The molecule has 2 heteroatoms. The number of nitrogens with one attached hydrogen (secondary N) is 1. The van der Waals surface area contributed by atoms with Crippen molar-refractivity contribution in [1.29, 1.82) is 0 Å². The van der Waals surface area contributed by atoms with Gasteiger partial charge in [-0.15, -0.1) is 0 Å². The number of hydrogen-bond acceptors (Lipinski definition) is 2. The molecule has 0 radical (unpaired) electrons. The largest absolute Gasteiger partial charge is 0.380 e. The fraction of sp³-hybridized carbons (Fsp3) is 0.176. The Bertz CT molecular complexity index is 597. The van der Waals surface area contributed by atoms with Gasteiger partial charge in [0.15, 0.2) is 0 Å². The first-order chi connectivity index (χ1) is 9.25. The highest BCUT2D eigenvalue weighted by atomic mass is 14.9. The van der Waals surface area contributed by atoms with Crippen molar-refractivity contribution in [2.24, 2.45) is 5.73 Å². The summed E-state index contributed by atoms with van der Waals surface area (Å²) in [5, 5.41) is 3.43. The molecule has 2 atom stereocenters. The molecule has 1 aliphatic heterocycles. The van der Waals surface area contributed by atoms with E-state index in [1.807, 2.05) is 13.1 Å². The SMILES string of the molecule is C[C@@H](N)c1ccc(C2NC=Cc3ccccc32)cc1. The summed E-state index contributed by atoms with van der Waals surface area (Å²) in [5.74, 6) is 0. The van der Waals surface area contributed by atoms with E-state index in [-0.39, 0.29) is 12.1 Å². The van der Waals surface area contributed by atoms with Gasteiger partial charge < -0.3 is 11.1 Å². The Morgan fingerprint density at radius 2 is 1.79 bits per heavy atom. The predicted octanol–water partition coefficient (Wildman–Crippen LogP) is 3.37. The Kier molecular flexibility index (Phi) is 3.10. The highest BCUT2D eigenvalue weighted by molar-refractivity contribution is 5.58. The molecule has 0 saturated carbocycles. The fourth-order valence-corrected chi connectivity index (χ4v) is 2.52. The van der Waals surface area contributed by atoms with E-state index in [1.165, 1.54) is 22.3 Å². The lowest BCUT2D eigenvalue weighted by Gasteiger charge is -2.24. The minimum atomic E-state index is 0.0838. The summed E-state index contributed by atoms with van der Waals surface area (Å²) in [7, 11) is 0. The summed E-state index contributed by atoms with van der Waals surface area (Å²) in [5.41, 5.74) is 10.9. The maximum Gasteiger partial charge on any atom is 0.0768 e. The fourth-order valence-electron chi connectivity index (χ4n) is 2.52. The first-order valence-electron chi connectivity index (χ1n) is 6.62. The summed E-state index contributed by atoms with van der Waals surface area (Å²) in [6.07, 6.45) is 4.13. The van der Waals surface area contributed by atoms with Crippen LogP contribution in [0.25, 0.3) is 6.08 Å².